The quantitative estimate of drug-likeness (QED) is 0.0241. The van der Waals surface area contributed by atoms with Gasteiger partial charge >= 0.3 is 0 Å². The topological polar surface area (TPSA) is 128 Å². The van der Waals surface area contributed by atoms with Crippen LogP contribution in [0.1, 0.15) is 174 Å². The first kappa shape index (κ1) is 60.4. The number of phosphoric acid groups is 1. The van der Waals surface area contributed by atoms with Gasteiger partial charge in [0.15, 0.2) is 0 Å². The lowest BCUT2D eigenvalue weighted by atomic mass is 10.0. The molecule has 362 valence electrons. The molecule has 0 radical (unpaired) electrons. The standard InChI is InChI=1S/C53H93N2O7P/c1-6-8-10-12-14-16-18-20-21-22-23-24-25-26-27-28-29-30-31-32-33-34-36-38-40-42-44-46-52(57)54-50(49-62-63(59,60)61-48-47-55(3,4)5)53(58)51(56)45-43-41-39-37-35-19-17-15-13-11-9-7-2/h8,10,14-17,20-21,23-24,26-27,29-30,37,39,50-51,53,56,58H,6-7,9,11-13,18-19,22,25,28,31-36,38,40-49H2,1-5H3,(H-,54,57,59,60)/b10-8-,16-14-,17-15+,21-20-,24-23-,27-26-,30-29-,39-37+. The van der Waals surface area contributed by atoms with E-state index in [1.54, 1.807) is 0 Å². The summed E-state index contributed by atoms with van der Waals surface area (Å²) in [6.07, 6.45) is 57.4. The van der Waals surface area contributed by atoms with Gasteiger partial charge in [-0.1, -0.05) is 162 Å². The van der Waals surface area contributed by atoms with Crippen molar-refractivity contribution in [1.82, 2.24) is 5.32 Å². The van der Waals surface area contributed by atoms with Gasteiger partial charge in [-0.2, -0.15) is 0 Å². The van der Waals surface area contributed by atoms with Crippen LogP contribution in [0.4, 0.5) is 0 Å². The molecule has 10 heteroatoms. The van der Waals surface area contributed by atoms with Crippen molar-refractivity contribution >= 4 is 13.7 Å². The van der Waals surface area contributed by atoms with Crippen LogP contribution in [0, 0.1) is 0 Å². The van der Waals surface area contributed by atoms with E-state index in [1.165, 1.54) is 44.9 Å². The van der Waals surface area contributed by atoms with Crippen molar-refractivity contribution in [3.05, 3.63) is 97.2 Å². The Labute approximate surface area is 386 Å². The highest BCUT2D eigenvalue weighted by Crippen LogP contribution is 2.38. The summed E-state index contributed by atoms with van der Waals surface area (Å²) in [6, 6.07) is -1.11. The van der Waals surface area contributed by atoms with Gasteiger partial charge in [0.2, 0.25) is 5.91 Å². The van der Waals surface area contributed by atoms with Crippen LogP contribution >= 0.6 is 7.82 Å². The van der Waals surface area contributed by atoms with Crippen LogP contribution in [0.2, 0.25) is 0 Å². The van der Waals surface area contributed by atoms with Crippen molar-refractivity contribution in [3.63, 3.8) is 0 Å². The number of hydrogen-bond acceptors (Lipinski definition) is 7. The van der Waals surface area contributed by atoms with Gasteiger partial charge in [-0.25, -0.2) is 0 Å². The lowest BCUT2D eigenvalue weighted by Crippen LogP contribution is -2.51. The molecule has 0 aromatic rings. The second kappa shape index (κ2) is 43.3. The molecular formula is C53H93N2O7P. The third-order valence-corrected chi connectivity index (χ3v) is 11.3. The van der Waals surface area contributed by atoms with E-state index < -0.39 is 32.7 Å². The van der Waals surface area contributed by atoms with E-state index in [9.17, 15) is 24.5 Å². The predicted octanol–water partition coefficient (Wildman–Crippen LogP) is 12.6. The molecule has 63 heavy (non-hydrogen) atoms. The maximum atomic E-state index is 12.9. The number of carbonyl (C=O) groups is 1. The number of nitrogens with one attached hydrogen (secondary N) is 1. The van der Waals surface area contributed by atoms with Crippen molar-refractivity contribution < 1.29 is 38.0 Å². The Balaban J connectivity index is 4.40. The predicted molar refractivity (Wildman–Crippen MR) is 266 cm³/mol. The van der Waals surface area contributed by atoms with Crippen molar-refractivity contribution in [2.24, 2.45) is 0 Å². The van der Waals surface area contributed by atoms with Gasteiger partial charge in [0, 0.05) is 6.42 Å². The van der Waals surface area contributed by atoms with Crippen LogP contribution in [0.3, 0.4) is 0 Å². The highest BCUT2D eigenvalue weighted by molar-refractivity contribution is 7.45. The fraction of sp³-hybridized carbons (Fsp3) is 0.679. The Morgan fingerprint density at radius 3 is 1.52 bits per heavy atom. The summed E-state index contributed by atoms with van der Waals surface area (Å²) in [6.45, 7) is 4.23. The van der Waals surface area contributed by atoms with Gasteiger partial charge in [0.1, 0.15) is 19.3 Å². The molecule has 0 fully saturated rings. The fourth-order valence-electron chi connectivity index (χ4n) is 6.45. The minimum atomic E-state index is -4.69. The molecule has 0 saturated heterocycles. The zero-order chi connectivity index (χ0) is 46.5. The minimum Gasteiger partial charge on any atom is -0.756 e. The molecule has 0 aliphatic carbocycles. The summed E-state index contributed by atoms with van der Waals surface area (Å²) in [5, 5.41) is 24.6. The number of quaternary nitrogens is 1. The van der Waals surface area contributed by atoms with E-state index in [4.69, 9.17) is 9.05 Å². The molecular weight excluding hydrogens is 808 g/mol. The number of carbonyl (C=O) groups excluding carboxylic acids is 1. The molecule has 0 aromatic carbocycles. The number of rotatable bonds is 43. The van der Waals surface area contributed by atoms with Crippen LogP contribution in [0.5, 0.6) is 0 Å². The number of nitrogens with zero attached hydrogens (tertiary/aromatic N) is 1. The van der Waals surface area contributed by atoms with Gasteiger partial charge in [-0.3, -0.25) is 9.36 Å². The lowest BCUT2D eigenvalue weighted by Gasteiger charge is -2.31. The normalized spacial score (nSPS) is 15.5. The Morgan fingerprint density at radius 1 is 0.587 bits per heavy atom. The second-order valence-corrected chi connectivity index (χ2v) is 19.0. The Hall–Kier alpha value is -2.62. The summed E-state index contributed by atoms with van der Waals surface area (Å²) in [7, 11) is 1.07. The van der Waals surface area contributed by atoms with Crippen LogP contribution in [0.25, 0.3) is 0 Å². The second-order valence-electron chi connectivity index (χ2n) is 17.6. The number of amides is 1. The van der Waals surface area contributed by atoms with E-state index >= 15 is 0 Å². The molecule has 0 spiro atoms. The van der Waals surface area contributed by atoms with Crippen LogP contribution in [-0.2, 0) is 18.4 Å². The summed E-state index contributed by atoms with van der Waals surface area (Å²) in [5.74, 6) is -0.307. The van der Waals surface area contributed by atoms with E-state index in [0.717, 1.165) is 89.9 Å². The highest BCUT2D eigenvalue weighted by Gasteiger charge is 2.29. The lowest BCUT2D eigenvalue weighted by molar-refractivity contribution is -0.870. The summed E-state index contributed by atoms with van der Waals surface area (Å²) in [4.78, 5) is 25.4. The van der Waals surface area contributed by atoms with Gasteiger partial charge < -0.3 is 34.0 Å². The minimum absolute atomic E-state index is 0.0560. The number of hydrogen-bond donors (Lipinski definition) is 3. The first-order valence-electron chi connectivity index (χ1n) is 24.7. The van der Waals surface area contributed by atoms with Gasteiger partial charge in [0.05, 0.1) is 39.9 Å². The molecule has 0 bridgehead atoms. The van der Waals surface area contributed by atoms with Gasteiger partial charge in [-0.05, 0) is 103 Å². The number of aliphatic hydroxyl groups excluding tert-OH is 2. The monoisotopic (exact) mass is 901 g/mol. The number of allylic oxidation sites excluding steroid dienone is 16. The van der Waals surface area contributed by atoms with E-state index in [0.29, 0.717) is 30.3 Å². The number of unbranched alkanes of at least 4 members (excludes halogenated alkanes) is 13. The maximum Gasteiger partial charge on any atom is 0.268 e. The zero-order valence-electron chi connectivity index (χ0n) is 40.6. The Morgan fingerprint density at radius 2 is 1.02 bits per heavy atom. The van der Waals surface area contributed by atoms with Crippen molar-refractivity contribution in [1.29, 1.82) is 0 Å². The Bertz CT molecular complexity index is 1360. The third-order valence-electron chi connectivity index (χ3n) is 10.4. The smallest absolute Gasteiger partial charge is 0.268 e. The van der Waals surface area contributed by atoms with E-state index in [2.05, 4.69) is 116 Å². The fourth-order valence-corrected chi connectivity index (χ4v) is 7.17. The van der Waals surface area contributed by atoms with E-state index in [-0.39, 0.29) is 18.9 Å². The summed E-state index contributed by atoms with van der Waals surface area (Å²) in [5.41, 5.74) is 0. The average Bonchev–Trinajstić information content (AvgIpc) is 3.24. The molecule has 0 aromatic heterocycles. The maximum absolute atomic E-state index is 12.9. The van der Waals surface area contributed by atoms with E-state index in [1.807, 2.05) is 21.1 Å². The molecule has 0 aliphatic rings. The Kier molecular flexibility index (Phi) is 41.5. The highest BCUT2D eigenvalue weighted by atomic mass is 31.2. The largest absolute Gasteiger partial charge is 0.756 e. The number of likely N-dealkylation sites (N-methyl/N-ethyl adjacent to an activating group) is 1. The number of phosphoric ester groups is 1. The van der Waals surface area contributed by atoms with Crippen molar-refractivity contribution in [2.75, 3.05) is 40.9 Å². The third kappa shape index (κ3) is 44.4. The first-order valence-corrected chi connectivity index (χ1v) is 26.1. The molecule has 1 amide bonds. The molecule has 4 unspecified atom stereocenters. The van der Waals surface area contributed by atoms with Crippen molar-refractivity contribution in [3.8, 4) is 0 Å². The number of aliphatic hydroxyl groups is 2. The average molecular weight is 901 g/mol. The van der Waals surface area contributed by atoms with Crippen molar-refractivity contribution in [2.45, 2.75) is 193 Å². The van der Waals surface area contributed by atoms with Gasteiger partial charge in [0.25, 0.3) is 7.82 Å². The van der Waals surface area contributed by atoms with Crippen LogP contribution in [0.15, 0.2) is 97.2 Å². The molecule has 0 heterocycles. The first-order chi connectivity index (χ1) is 30.4. The van der Waals surface area contributed by atoms with Gasteiger partial charge in [-0.15, -0.1) is 0 Å². The van der Waals surface area contributed by atoms with Crippen LogP contribution in [-0.4, -0.2) is 79.8 Å². The SMILES string of the molecule is CC/C=C\C/C=C\C/C=C\C/C=C\C/C=C\C/C=C\CCCCCCCCCCC(=O)NC(COP(=O)([O-])OCC[N+](C)(C)C)C(O)C(O)CCC/C=C/CC/C=C/CCCCC. The summed E-state index contributed by atoms with van der Waals surface area (Å²) < 4.78 is 23.1. The molecule has 9 nitrogen and oxygen atoms in total. The summed E-state index contributed by atoms with van der Waals surface area (Å²) >= 11 is 0. The van der Waals surface area contributed by atoms with Crippen LogP contribution < -0.4 is 10.2 Å². The molecule has 0 aliphatic heterocycles. The zero-order valence-corrected chi connectivity index (χ0v) is 41.5. The molecule has 4 atom stereocenters. The molecule has 3 N–H and O–H groups in total. The molecule has 0 saturated carbocycles. The molecule has 0 rings (SSSR count).